The highest BCUT2D eigenvalue weighted by Gasteiger charge is 2.21. The van der Waals surface area contributed by atoms with E-state index in [2.05, 4.69) is 20.6 Å². The van der Waals surface area contributed by atoms with Crippen molar-refractivity contribution in [2.24, 2.45) is 0 Å². The van der Waals surface area contributed by atoms with Crippen molar-refractivity contribution in [2.45, 2.75) is 51.6 Å². The molecular weight excluding hydrogens is 390 g/mol. The lowest BCUT2D eigenvalue weighted by atomic mass is 9.95. The molecular formula is C24H25N5O2. The Labute approximate surface area is 180 Å². The molecule has 1 saturated carbocycles. The number of amides is 1. The van der Waals surface area contributed by atoms with Crippen LogP contribution < -0.4 is 5.32 Å². The lowest BCUT2D eigenvalue weighted by Crippen LogP contribution is -2.38. The quantitative estimate of drug-likeness (QED) is 0.518. The Hall–Kier alpha value is -3.48. The zero-order chi connectivity index (χ0) is 21.2. The molecule has 2 aromatic carbocycles. The molecule has 7 heteroatoms. The van der Waals surface area contributed by atoms with Gasteiger partial charge in [0.1, 0.15) is 6.54 Å². The van der Waals surface area contributed by atoms with Crippen LogP contribution in [0.3, 0.4) is 0 Å². The SMILES string of the molecule is Cc1cccc(-c2noc(-c3nn(CC(=O)NC4CCCCC4)c4ccccc34)n2)c1. The third kappa shape index (κ3) is 4.08. The number of nitrogens with one attached hydrogen (secondary N) is 1. The van der Waals surface area contributed by atoms with Crippen LogP contribution >= 0.6 is 0 Å². The second-order valence-electron chi connectivity index (χ2n) is 8.22. The summed E-state index contributed by atoms with van der Waals surface area (Å²) < 4.78 is 7.28. The molecule has 7 nitrogen and oxygen atoms in total. The van der Waals surface area contributed by atoms with Crippen molar-refractivity contribution in [1.29, 1.82) is 0 Å². The van der Waals surface area contributed by atoms with E-state index in [0.717, 1.165) is 34.9 Å². The fourth-order valence-corrected chi connectivity index (χ4v) is 4.28. The van der Waals surface area contributed by atoms with Crippen molar-refractivity contribution in [3.8, 4) is 23.0 Å². The van der Waals surface area contributed by atoms with Crippen LogP contribution in [0, 0.1) is 6.92 Å². The third-order valence-electron chi connectivity index (χ3n) is 5.83. The molecule has 158 valence electrons. The standard InChI is InChI=1S/C24H25N5O2/c1-16-8-7-9-17(14-16)23-26-24(31-28-23)22-19-12-5-6-13-20(19)29(27-22)15-21(30)25-18-10-3-2-4-11-18/h5-9,12-14,18H,2-4,10-11,15H2,1H3,(H,25,30). The predicted molar refractivity (Wildman–Crippen MR) is 118 cm³/mol. The first kappa shape index (κ1) is 19.5. The Bertz CT molecular complexity index is 1220. The van der Waals surface area contributed by atoms with Crippen molar-refractivity contribution in [1.82, 2.24) is 25.2 Å². The maximum atomic E-state index is 12.7. The fraction of sp³-hybridized carbons (Fsp3) is 0.333. The highest BCUT2D eigenvalue weighted by Crippen LogP contribution is 2.28. The first-order valence-electron chi connectivity index (χ1n) is 10.8. The number of fused-ring (bicyclic) bond motifs is 1. The fourth-order valence-electron chi connectivity index (χ4n) is 4.28. The van der Waals surface area contributed by atoms with Gasteiger partial charge >= 0.3 is 0 Å². The molecule has 0 unspecified atom stereocenters. The maximum absolute atomic E-state index is 12.7. The predicted octanol–water partition coefficient (Wildman–Crippen LogP) is 4.51. The molecule has 31 heavy (non-hydrogen) atoms. The molecule has 0 radical (unpaired) electrons. The molecule has 2 aromatic heterocycles. The smallest absolute Gasteiger partial charge is 0.279 e. The highest BCUT2D eigenvalue weighted by atomic mass is 16.5. The molecule has 4 aromatic rings. The van der Waals surface area contributed by atoms with Gasteiger partial charge in [-0.15, -0.1) is 0 Å². The summed E-state index contributed by atoms with van der Waals surface area (Å²) in [4.78, 5) is 17.2. The molecule has 0 aliphatic heterocycles. The van der Waals surface area contributed by atoms with Crippen LogP contribution in [0.2, 0.25) is 0 Å². The van der Waals surface area contributed by atoms with Gasteiger partial charge in [-0.3, -0.25) is 9.48 Å². The van der Waals surface area contributed by atoms with Gasteiger partial charge in [-0.1, -0.05) is 66.4 Å². The molecule has 1 aliphatic rings. The Morgan fingerprint density at radius 1 is 1.13 bits per heavy atom. The Morgan fingerprint density at radius 3 is 2.81 bits per heavy atom. The van der Waals surface area contributed by atoms with E-state index in [0.29, 0.717) is 17.4 Å². The van der Waals surface area contributed by atoms with E-state index in [4.69, 9.17) is 4.52 Å². The summed E-state index contributed by atoms with van der Waals surface area (Å²) >= 11 is 0. The first-order valence-corrected chi connectivity index (χ1v) is 10.8. The van der Waals surface area contributed by atoms with Gasteiger partial charge < -0.3 is 9.84 Å². The summed E-state index contributed by atoms with van der Waals surface area (Å²) in [7, 11) is 0. The number of rotatable bonds is 5. The molecule has 1 aliphatic carbocycles. The summed E-state index contributed by atoms with van der Waals surface area (Å²) in [5, 5.41) is 12.9. The first-order chi connectivity index (χ1) is 15.2. The van der Waals surface area contributed by atoms with Crippen LogP contribution in [-0.4, -0.2) is 31.9 Å². The summed E-state index contributed by atoms with van der Waals surface area (Å²) in [6.45, 7) is 2.19. The molecule has 1 fully saturated rings. The number of benzene rings is 2. The van der Waals surface area contributed by atoms with Crippen molar-refractivity contribution >= 4 is 16.8 Å². The molecule has 0 saturated heterocycles. The number of para-hydroxylation sites is 1. The van der Waals surface area contributed by atoms with Crippen LogP contribution in [0.15, 0.2) is 53.1 Å². The minimum atomic E-state index is -0.0160. The number of hydrogen-bond acceptors (Lipinski definition) is 5. The summed E-state index contributed by atoms with van der Waals surface area (Å²) in [5.74, 6) is 0.851. The third-order valence-corrected chi connectivity index (χ3v) is 5.83. The molecule has 0 spiro atoms. The van der Waals surface area contributed by atoms with Crippen LogP contribution in [0.4, 0.5) is 0 Å². The van der Waals surface area contributed by atoms with Gasteiger partial charge in [0, 0.05) is 17.0 Å². The zero-order valence-electron chi connectivity index (χ0n) is 17.5. The molecule has 2 heterocycles. The number of hydrogen-bond donors (Lipinski definition) is 1. The van der Waals surface area contributed by atoms with Crippen LogP contribution in [0.5, 0.6) is 0 Å². The lowest BCUT2D eigenvalue weighted by Gasteiger charge is -2.22. The number of carbonyl (C=O) groups excluding carboxylic acids is 1. The van der Waals surface area contributed by atoms with Gasteiger partial charge in [-0.2, -0.15) is 10.1 Å². The largest absolute Gasteiger partial charge is 0.352 e. The lowest BCUT2D eigenvalue weighted by molar-refractivity contribution is -0.122. The summed E-state index contributed by atoms with van der Waals surface area (Å²) in [5.41, 5.74) is 3.48. The monoisotopic (exact) mass is 415 g/mol. The Kier molecular flexibility index (Phi) is 5.24. The number of aryl methyl sites for hydroxylation is 1. The molecule has 0 atom stereocenters. The number of carbonyl (C=O) groups is 1. The normalized spacial score (nSPS) is 14.7. The van der Waals surface area contributed by atoms with E-state index >= 15 is 0 Å². The van der Waals surface area contributed by atoms with Gasteiger partial charge in [0.05, 0.1) is 5.52 Å². The van der Waals surface area contributed by atoms with Crippen LogP contribution in [0.25, 0.3) is 33.9 Å². The van der Waals surface area contributed by atoms with E-state index < -0.39 is 0 Å². The van der Waals surface area contributed by atoms with Crippen LogP contribution in [-0.2, 0) is 11.3 Å². The maximum Gasteiger partial charge on any atom is 0.279 e. The van der Waals surface area contributed by atoms with Crippen molar-refractivity contribution in [3.05, 3.63) is 54.1 Å². The summed E-state index contributed by atoms with van der Waals surface area (Å²) in [6, 6.07) is 16.0. The minimum Gasteiger partial charge on any atom is -0.352 e. The second-order valence-corrected chi connectivity index (χ2v) is 8.22. The van der Waals surface area contributed by atoms with Gasteiger partial charge in [0.15, 0.2) is 5.69 Å². The van der Waals surface area contributed by atoms with E-state index in [9.17, 15) is 4.79 Å². The van der Waals surface area contributed by atoms with Crippen molar-refractivity contribution in [2.75, 3.05) is 0 Å². The average Bonchev–Trinajstić information content (AvgIpc) is 3.40. The van der Waals surface area contributed by atoms with E-state index in [-0.39, 0.29) is 18.5 Å². The topological polar surface area (TPSA) is 85.8 Å². The second kappa shape index (κ2) is 8.34. The van der Waals surface area contributed by atoms with Crippen LogP contribution in [0.1, 0.15) is 37.7 Å². The van der Waals surface area contributed by atoms with E-state index in [1.165, 1.54) is 19.3 Å². The number of nitrogens with zero attached hydrogens (tertiary/aromatic N) is 4. The molecule has 1 amide bonds. The summed E-state index contributed by atoms with van der Waals surface area (Å²) in [6.07, 6.45) is 5.73. The van der Waals surface area contributed by atoms with E-state index in [1.54, 1.807) is 4.68 Å². The van der Waals surface area contributed by atoms with Gasteiger partial charge in [0.25, 0.3) is 5.89 Å². The minimum absolute atomic E-state index is 0.0160. The van der Waals surface area contributed by atoms with E-state index in [1.807, 2.05) is 55.5 Å². The zero-order valence-corrected chi connectivity index (χ0v) is 17.5. The van der Waals surface area contributed by atoms with Gasteiger partial charge in [0.2, 0.25) is 11.7 Å². The van der Waals surface area contributed by atoms with Gasteiger partial charge in [-0.05, 0) is 31.9 Å². The van der Waals surface area contributed by atoms with Crippen molar-refractivity contribution < 1.29 is 9.32 Å². The molecule has 1 N–H and O–H groups in total. The molecule has 0 bridgehead atoms. The highest BCUT2D eigenvalue weighted by molar-refractivity contribution is 5.92. The van der Waals surface area contributed by atoms with Gasteiger partial charge in [-0.25, -0.2) is 0 Å². The average molecular weight is 415 g/mol. The van der Waals surface area contributed by atoms with Crippen molar-refractivity contribution in [3.63, 3.8) is 0 Å². The Morgan fingerprint density at radius 2 is 1.97 bits per heavy atom. The molecule has 5 rings (SSSR count). The Balaban J connectivity index is 1.43. The number of aromatic nitrogens is 4.